The Morgan fingerprint density at radius 3 is 2.63 bits per heavy atom. The first kappa shape index (κ1) is 23.9. The van der Waals surface area contributed by atoms with Gasteiger partial charge in [-0.2, -0.15) is 5.10 Å². The van der Waals surface area contributed by atoms with Crippen LogP contribution in [-0.2, 0) is 6.42 Å². The van der Waals surface area contributed by atoms with E-state index in [1.807, 2.05) is 22.9 Å². The van der Waals surface area contributed by atoms with Crippen molar-refractivity contribution in [2.45, 2.75) is 53.4 Å². The monoisotopic (exact) mass is 413 g/mol. The Morgan fingerprint density at radius 2 is 1.97 bits per heavy atom. The number of benzene rings is 1. The lowest BCUT2D eigenvalue weighted by molar-refractivity contribution is 0.245. The Bertz CT molecular complexity index is 754. The van der Waals surface area contributed by atoms with Gasteiger partial charge in [0, 0.05) is 32.4 Å². The highest BCUT2D eigenvalue weighted by Crippen LogP contribution is 2.16. The number of aliphatic hydroxyl groups is 1. The maximum absolute atomic E-state index is 9.31. The summed E-state index contributed by atoms with van der Waals surface area (Å²) in [6, 6.07) is 10.2. The average Bonchev–Trinajstić information content (AvgIpc) is 3.10. The summed E-state index contributed by atoms with van der Waals surface area (Å²) in [5, 5.41) is 20.7. The summed E-state index contributed by atoms with van der Waals surface area (Å²) in [7, 11) is 0. The standard InChI is InChI=1S/C24H39N5O/c1-5-25-24(27-17-21(13-15-30)16-19(2)3)26-14-9-10-22-18-29(28-20(22)4)23-11-7-6-8-12-23/h6-8,11-12,18-19,21,30H,5,9-10,13-17H2,1-4H3,(H2,25,26,27). The van der Waals surface area contributed by atoms with E-state index in [1.54, 1.807) is 0 Å². The fraction of sp³-hybridized carbons (Fsp3) is 0.583. The number of rotatable bonds is 12. The van der Waals surface area contributed by atoms with Gasteiger partial charge in [-0.25, -0.2) is 4.68 Å². The molecule has 0 fully saturated rings. The first-order valence-corrected chi connectivity index (χ1v) is 11.3. The van der Waals surface area contributed by atoms with Gasteiger partial charge in [0.25, 0.3) is 0 Å². The fourth-order valence-electron chi connectivity index (χ4n) is 3.63. The van der Waals surface area contributed by atoms with E-state index < -0.39 is 0 Å². The molecule has 0 radical (unpaired) electrons. The molecule has 0 bridgehead atoms. The summed E-state index contributed by atoms with van der Waals surface area (Å²) in [6.07, 6.45) is 6.03. The van der Waals surface area contributed by atoms with Crippen molar-refractivity contribution in [3.8, 4) is 5.69 Å². The summed E-state index contributed by atoms with van der Waals surface area (Å²) in [5.74, 6) is 1.91. The predicted octanol–water partition coefficient (Wildman–Crippen LogP) is 3.71. The molecule has 30 heavy (non-hydrogen) atoms. The largest absolute Gasteiger partial charge is 0.396 e. The number of nitrogens with zero attached hydrogens (tertiary/aromatic N) is 3. The molecule has 0 aliphatic heterocycles. The molecule has 3 N–H and O–H groups in total. The van der Waals surface area contributed by atoms with E-state index >= 15 is 0 Å². The summed E-state index contributed by atoms with van der Waals surface area (Å²) in [6.45, 7) is 11.3. The third-order valence-electron chi connectivity index (χ3n) is 5.13. The van der Waals surface area contributed by atoms with Crippen molar-refractivity contribution in [3.63, 3.8) is 0 Å². The number of aliphatic imine (C=N–C) groups is 1. The predicted molar refractivity (Wildman–Crippen MR) is 125 cm³/mol. The van der Waals surface area contributed by atoms with E-state index in [4.69, 9.17) is 4.99 Å². The van der Waals surface area contributed by atoms with E-state index in [2.05, 4.69) is 61.8 Å². The molecule has 1 unspecified atom stereocenters. The Balaban J connectivity index is 1.85. The van der Waals surface area contributed by atoms with E-state index in [1.165, 1.54) is 5.56 Å². The lowest BCUT2D eigenvalue weighted by Gasteiger charge is -2.17. The molecule has 1 atom stereocenters. The Morgan fingerprint density at radius 1 is 1.20 bits per heavy atom. The third kappa shape index (κ3) is 8.19. The second-order valence-electron chi connectivity index (χ2n) is 8.28. The van der Waals surface area contributed by atoms with Crippen LogP contribution in [0.3, 0.4) is 0 Å². The number of nitrogens with one attached hydrogen (secondary N) is 2. The summed E-state index contributed by atoms with van der Waals surface area (Å²) in [5.41, 5.74) is 3.45. The lowest BCUT2D eigenvalue weighted by Crippen LogP contribution is -2.38. The van der Waals surface area contributed by atoms with Crippen LogP contribution in [0, 0.1) is 18.8 Å². The minimum absolute atomic E-state index is 0.229. The summed E-state index contributed by atoms with van der Waals surface area (Å²) in [4.78, 5) is 4.76. The van der Waals surface area contributed by atoms with Crippen LogP contribution in [0.5, 0.6) is 0 Å². The number of aryl methyl sites for hydroxylation is 2. The molecule has 0 aliphatic rings. The van der Waals surface area contributed by atoms with Gasteiger partial charge in [0.05, 0.1) is 11.4 Å². The SMILES string of the molecule is CCNC(=NCC(CCO)CC(C)C)NCCCc1cn(-c2ccccc2)nc1C. The zero-order valence-electron chi connectivity index (χ0n) is 19.1. The number of aromatic nitrogens is 2. The number of para-hydroxylation sites is 1. The van der Waals surface area contributed by atoms with Gasteiger partial charge >= 0.3 is 0 Å². The molecule has 0 saturated heterocycles. The maximum atomic E-state index is 9.31. The first-order valence-electron chi connectivity index (χ1n) is 11.3. The van der Waals surface area contributed by atoms with Crippen LogP contribution < -0.4 is 10.6 Å². The molecule has 2 rings (SSSR count). The van der Waals surface area contributed by atoms with Gasteiger partial charge in [-0.05, 0) is 69.1 Å². The van der Waals surface area contributed by atoms with Crippen LogP contribution in [0.2, 0.25) is 0 Å². The zero-order chi connectivity index (χ0) is 21.8. The molecule has 6 nitrogen and oxygen atoms in total. The molecule has 0 spiro atoms. The highest BCUT2D eigenvalue weighted by atomic mass is 16.3. The van der Waals surface area contributed by atoms with E-state index in [-0.39, 0.29) is 6.61 Å². The number of aliphatic hydroxyl groups excluding tert-OH is 1. The van der Waals surface area contributed by atoms with Crippen LogP contribution in [0.1, 0.15) is 51.3 Å². The Hall–Kier alpha value is -2.34. The van der Waals surface area contributed by atoms with Crippen molar-refractivity contribution in [3.05, 3.63) is 47.8 Å². The van der Waals surface area contributed by atoms with Crippen LogP contribution >= 0.6 is 0 Å². The third-order valence-corrected chi connectivity index (χ3v) is 5.13. The van der Waals surface area contributed by atoms with Crippen LogP contribution in [0.15, 0.2) is 41.5 Å². The van der Waals surface area contributed by atoms with Crippen molar-refractivity contribution in [1.29, 1.82) is 0 Å². The maximum Gasteiger partial charge on any atom is 0.191 e. The van der Waals surface area contributed by atoms with E-state index in [9.17, 15) is 5.11 Å². The minimum atomic E-state index is 0.229. The molecule has 0 saturated carbocycles. The molecular formula is C24H39N5O. The molecule has 0 amide bonds. The molecule has 6 heteroatoms. The minimum Gasteiger partial charge on any atom is -0.396 e. The van der Waals surface area contributed by atoms with Crippen molar-refractivity contribution < 1.29 is 5.11 Å². The quantitative estimate of drug-likeness (QED) is 0.282. The molecular weight excluding hydrogens is 374 g/mol. The zero-order valence-corrected chi connectivity index (χ0v) is 19.1. The molecule has 166 valence electrons. The topological polar surface area (TPSA) is 74.5 Å². The van der Waals surface area contributed by atoms with Crippen LogP contribution in [-0.4, -0.2) is 47.1 Å². The molecule has 1 aromatic heterocycles. The summed E-state index contributed by atoms with van der Waals surface area (Å²) >= 11 is 0. The van der Waals surface area contributed by atoms with Gasteiger partial charge < -0.3 is 15.7 Å². The number of hydrogen-bond acceptors (Lipinski definition) is 3. The van der Waals surface area contributed by atoms with Gasteiger partial charge in [-0.15, -0.1) is 0 Å². The van der Waals surface area contributed by atoms with Crippen LogP contribution in [0.25, 0.3) is 5.69 Å². The fourth-order valence-corrected chi connectivity index (χ4v) is 3.63. The summed E-state index contributed by atoms with van der Waals surface area (Å²) < 4.78 is 1.96. The number of guanidine groups is 1. The van der Waals surface area contributed by atoms with Crippen molar-refractivity contribution in [1.82, 2.24) is 20.4 Å². The lowest BCUT2D eigenvalue weighted by atomic mass is 9.94. The van der Waals surface area contributed by atoms with Crippen molar-refractivity contribution in [2.24, 2.45) is 16.8 Å². The highest BCUT2D eigenvalue weighted by molar-refractivity contribution is 5.79. The van der Waals surface area contributed by atoms with Crippen molar-refractivity contribution >= 4 is 5.96 Å². The van der Waals surface area contributed by atoms with E-state index in [0.29, 0.717) is 11.8 Å². The Labute approximate surface area is 181 Å². The van der Waals surface area contributed by atoms with Crippen LogP contribution in [0.4, 0.5) is 0 Å². The van der Waals surface area contributed by atoms with Gasteiger partial charge in [-0.1, -0.05) is 32.0 Å². The smallest absolute Gasteiger partial charge is 0.191 e. The first-order chi connectivity index (χ1) is 14.5. The normalized spacial score (nSPS) is 12.9. The molecule has 1 aromatic carbocycles. The van der Waals surface area contributed by atoms with E-state index in [0.717, 1.165) is 62.7 Å². The van der Waals surface area contributed by atoms with Gasteiger partial charge in [0.15, 0.2) is 5.96 Å². The van der Waals surface area contributed by atoms with Gasteiger partial charge in [0.2, 0.25) is 0 Å². The van der Waals surface area contributed by atoms with Gasteiger partial charge in [0.1, 0.15) is 0 Å². The number of hydrogen-bond donors (Lipinski definition) is 3. The second kappa shape index (κ2) is 13.1. The molecule has 2 aromatic rings. The van der Waals surface area contributed by atoms with Gasteiger partial charge in [-0.3, -0.25) is 4.99 Å². The molecule has 0 aliphatic carbocycles. The Kier molecular flexibility index (Phi) is 10.4. The second-order valence-corrected chi connectivity index (χ2v) is 8.28. The van der Waals surface area contributed by atoms with Crippen molar-refractivity contribution in [2.75, 3.05) is 26.2 Å². The average molecular weight is 414 g/mol. The molecule has 1 heterocycles. The highest BCUT2D eigenvalue weighted by Gasteiger charge is 2.11.